The van der Waals surface area contributed by atoms with Crippen LogP contribution in [0.25, 0.3) is 0 Å². The van der Waals surface area contributed by atoms with Crippen molar-refractivity contribution in [2.24, 2.45) is 40.6 Å². The SMILES string of the molecule is CCOc1cc(/C=N\N2C(=O)[C@@H]3[C@H]4C=C[C@@H]([C@@H]5C[C@@H]45)[C@@H]3C2=O)ccc1OC. The van der Waals surface area contributed by atoms with Gasteiger partial charge < -0.3 is 9.47 Å². The van der Waals surface area contributed by atoms with Crippen LogP contribution in [0.1, 0.15) is 18.9 Å². The topological polar surface area (TPSA) is 68.2 Å². The summed E-state index contributed by atoms with van der Waals surface area (Å²) in [6, 6.07) is 5.41. The standard InChI is InChI=1S/C21H22N2O4/c1-3-27-17-8-11(4-7-16(17)26-2)10-22-23-20(24)18-12-5-6-13(15-9-14(12)15)19(18)21(23)25/h4-8,10,12-15,18-19H,3,9H2,1-2H3/b22-10-/t12-,13-,14-,15-,18-,19+/m0/s1. The molecular formula is C21H22N2O4. The Bertz CT molecular complexity index is 841. The van der Waals surface area contributed by atoms with Crippen LogP contribution in [0.2, 0.25) is 0 Å². The maximum Gasteiger partial charge on any atom is 0.254 e. The van der Waals surface area contributed by atoms with Crippen molar-refractivity contribution in [1.29, 1.82) is 0 Å². The Kier molecular flexibility index (Phi) is 3.64. The second-order valence-corrected chi connectivity index (χ2v) is 7.73. The first-order valence-electron chi connectivity index (χ1n) is 9.55. The maximum atomic E-state index is 12.9. The van der Waals surface area contributed by atoms with E-state index in [2.05, 4.69) is 17.3 Å². The predicted octanol–water partition coefficient (Wildman–Crippen LogP) is 2.48. The second-order valence-electron chi connectivity index (χ2n) is 7.73. The third kappa shape index (κ3) is 2.35. The van der Waals surface area contributed by atoms with Gasteiger partial charge in [0.25, 0.3) is 11.8 Å². The summed E-state index contributed by atoms with van der Waals surface area (Å²) < 4.78 is 10.8. The highest BCUT2D eigenvalue weighted by molar-refractivity contribution is 6.06. The predicted molar refractivity (Wildman–Crippen MR) is 98.3 cm³/mol. The first-order valence-corrected chi connectivity index (χ1v) is 9.55. The van der Waals surface area contributed by atoms with Crippen LogP contribution >= 0.6 is 0 Å². The number of benzene rings is 1. The molecule has 3 fully saturated rings. The van der Waals surface area contributed by atoms with Crippen molar-refractivity contribution in [1.82, 2.24) is 5.01 Å². The zero-order valence-electron chi connectivity index (χ0n) is 15.4. The lowest BCUT2D eigenvalue weighted by atomic mass is 9.63. The van der Waals surface area contributed by atoms with E-state index in [1.165, 1.54) is 0 Å². The second kappa shape index (κ2) is 5.94. The largest absolute Gasteiger partial charge is 0.493 e. The summed E-state index contributed by atoms with van der Waals surface area (Å²) in [6.45, 7) is 2.41. The van der Waals surface area contributed by atoms with Crippen molar-refractivity contribution in [2.75, 3.05) is 13.7 Å². The molecule has 6 nitrogen and oxygen atoms in total. The molecule has 6 rings (SSSR count). The molecule has 140 valence electrons. The van der Waals surface area contributed by atoms with Gasteiger partial charge in [0.15, 0.2) is 11.5 Å². The number of rotatable bonds is 5. The molecule has 2 amide bonds. The van der Waals surface area contributed by atoms with Crippen molar-refractivity contribution >= 4 is 18.0 Å². The number of hydrogen-bond donors (Lipinski definition) is 0. The van der Waals surface area contributed by atoms with Crippen LogP contribution < -0.4 is 9.47 Å². The van der Waals surface area contributed by atoms with Gasteiger partial charge in [0, 0.05) is 0 Å². The van der Waals surface area contributed by atoms with Gasteiger partial charge in [0.2, 0.25) is 0 Å². The van der Waals surface area contributed by atoms with Gasteiger partial charge in [0.1, 0.15) is 0 Å². The van der Waals surface area contributed by atoms with Crippen molar-refractivity contribution in [3.63, 3.8) is 0 Å². The number of amides is 2. The van der Waals surface area contributed by atoms with E-state index in [4.69, 9.17) is 9.47 Å². The zero-order chi connectivity index (χ0) is 18.7. The Morgan fingerprint density at radius 3 is 2.37 bits per heavy atom. The molecular weight excluding hydrogens is 344 g/mol. The fraction of sp³-hybridized carbons (Fsp3) is 0.476. The molecule has 0 unspecified atom stereocenters. The van der Waals surface area contributed by atoms with Crippen molar-refractivity contribution in [2.45, 2.75) is 13.3 Å². The number of hydrazone groups is 1. The summed E-state index contributed by atoms with van der Waals surface area (Å²) in [6.07, 6.45) is 7.03. The third-order valence-electron chi connectivity index (χ3n) is 6.45. The van der Waals surface area contributed by atoms with Gasteiger partial charge >= 0.3 is 0 Å². The normalized spacial score (nSPS) is 35.6. The van der Waals surface area contributed by atoms with E-state index in [0.717, 1.165) is 17.0 Å². The molecule has 4 aliphatic carbocycles. The molecule has 6 heteroatoms. The minimum Gasteiger partial charge on any atom is -0.493 e. The van der Waals surface area contributed by atoms with E-state index in [1.807, 2.05) is 13.0 Å². The summed E-state index contributed by atoms with van der Waals surface area (Å²) in [7, 11) is 1.59. The Hall–Kier alpha value is -2.63. The minimum atomic E-state index is -0.219. The summed E-state index contributed by atoms with van der Waals surface area (Å²) in [4.78, 5) is 25.8. The van der Waals surface area contributed by atoms with Crippen LogP contribution in [0, 0.1) is 35.5 Å². The first-order chi connectivity index (χ1) is 13.1. The summed E-state index contributed by atoms with van der Waals surface area (Å²) in [5, 5.41) is 5.35. The van der Waals surface area contributed by atoms with Crippen LogP contribution in [0.4, 0.5) is 0 Å². The Balaban J connectivity index is 1.40. The zero-order valence-corrected chi connectivity index (χ0v) is 15.4. The van der Waals surface area contributed by atoms with Gasteiger partial charge in [0.05, 0.1) is 31.8 Å². The third-order valence-corrected chi connectivity index (χ3v) is 6.45. The first kappa shape index (κ1) is 16.5. The average Bonchev–Trinajstić information content (AvgIpc) is 3.46. The average molecular weight is 366 g/mol. The highest BCUT2D eigenvalue weighted by Gasteiger charge is 2.67. The number of hydrogen-bond acceptors (Lipinski definition) is 5. The molecule has 1 saturated heterocycles. The smallest absolute Gasteiger partial charge is 0.254 e. The Morgan fingerprint density at radius 2 is 1.78 bits per heavy atom. The molecule has 2 bridgehead atoms. The van der Waals surface area contributed by atoms with Crippen LogP contribution in [0.15, 0.2) is 35.5 Å². The van der Waals surface area contributed by atoms with Gasteiger partial charge in [-0.1, -0.05) is 12.2 Å². The fourth-order valence-electron chi connectivity index (χ4n) is 5.22. The highest BCUT2D eigenvalue weighted by Crippen LogP contribution is 2.65. The lowest BCUT2D eigenvalue weighted by molar-refractivity contribution is -0.140. The number of imide groups is 1. The summed E-state index contributed by atoms with van der Waals surface area (Å²) in [5.41, 5.74) is 0.749. The van der Waals surface area contributed by atoms with Crippen LogP contribution in [-0.2, 0) is 9.59 Å². The van der Waals surface area contributed by atoms with E-state index in [-0.39, 0.29) is 35.5 Å². The Morgan fingerprint density at radius 1 is 1.11 bits per heavy atom. The maximum absolute atomic E-state index is 12.9. The number of methoxy groups -OCH3 is 1. The molecule has 1 aromatic carbocycles. The lowest BCUT2D eigenvalue weighted by Crippen LogP contribution is -2.40. The van der Waals surface area contributed by atoms with E-state index < -0.39 is 0 Å². The number of nitrogens with zero attached hydrogens (tertiary/aromatic N) is 2. The van der Waals surface area contributed by atoms with Gasteiger partial charge in [-0.15, -0.1) is 0 Å². The van der Waals surface area contributed by atoms with Gasteiger partial charge in [-0.25, -0.2) is 0 Å². The van der Waals surface area contributed by atoms with Crippen molar-refractivity contribution in [3.8, 4) is 11.5 Å². The number of carbonyl (C=O) groups is 2. The number of ether oxygens (including phenoxy) is 2. The molecule has 0 N–H and O–H groups in total. The molecule has 0 radical (unpaired) electrons. The molecule has 5 aliphatic rings. The summed E-state index contributed by atoms with van der Waals surface area (Å²) in [5.74, 6) is 2.13. The van der Waals surface area contributed by atoms with E-state index in [1.54, 1.807) is 25.5 Å². The van der Waals surface area contributed by atoms with Gasteiger partial charge in [-0.3, -0.25) is 9.59 Å². The van der Waals surface area contributed by atoms with Crippen LogP contribution in [-0.4, -0.2) is 36.8 Å². The molecule has 0 spiro atoms. The Labute approximate surface area is 157 Å². The minimum absolute atomic E-state index is 0.149. The van der Waals surface area contributed by atoms with Gasteiger partial charge in [-0.2, -0.15) is 10.1 Å². The molecule has 0 aromatic heterocycles. The summed E-state index contributed by atoms with van der Waals surface area (Å²) >= 11 is 0. The van der Waals surface area contributed by atoms with E-state index >= 15 is 0 Å². The van der Waals surface area contributed by atoms with Crippen molar-refractivity contribution in [3.05, 3.63) is 35.9 Å². The fourth-order valence-corrected chi connectivity index (χ4v) is 5.22. The van der Waals surface area contributed by atoms with E-state index in [0.29, 0.717) is 29.9 Å². The number of carbonyl (C=O) groups excluding carboxylic acids is 2. The van der Waals surface area contributed by atoms with E-state index in [9.17, 15) is 9.59 Å². The molecule has 1 aliphatic heterocycles. The monoisotopic (exact) mass is 366 g/mol. The molecule has 2 saturated carbocycles. The quantitative estimate of drug-likeness (QED) is 0.456. The lowest BCUT2D eigenvalue weighted by Gasteiger charge is -2.37. The molecule has 1 aromatic rings. The van der Waals surface area contributed by atoms with Crippen LogP contribution in [0.3, 0.4) is 0 Å². The molecule has 27 heavy (non-hydrogen) atoms. The van der Waals surface area contributed by atoms with Gasteiger partial charge in [-0.05, 0) is 60.8 Å². The molecule has 1 heterocycles. The number of allylic oxidation sites excluding steroid dienone is 2. The highest BCUT2D eigenvalue weighted by atomic mass is 16.5. The van der Waals surface area contributed by atoms with Crippen LogP contribution in [0.5, 0.6) is 11.5 Å². The molecule has 6 atom stereocenters. The van der Waals surface area contributed by atoms with Crippen molar-refractivity contribution < 1.29 is 19.1 Å².